The van der Waals surface area contributed by atoms with Crippen molar-refractivity contribution in [3.05, 3.63) is 40.0 Å². The van der Waals surface area contributed by atoms with E-state index in [1.807, 2.05) is 19.2 Å². The van der Waals surface area contributed by atoms with Gasteiger partial charge in [-0.3, -0.25) is 0 Å². The fraction of sp³-hybridized carbons (Fsp3) is 0.353. The molecule has 0 saturated heterocycles. The van der Waals surface area contributed by atoms with Gasteiger partial charge in [0.25, 0.3) is 0 Å². The maximum Gasteiger partial charge on any atom is 0.414 e. The molecule has 0 amide bonds. The number of nitrogens with zero attached hydrogens (tertiary/aromatic N) is 3. The molecular formula is C17H17F3N4OS2. The Morgan fingerprint density at radius 2 is 2.00 bits per heavy atom. The van der Waals surface area contributed by atoms with Gasteiger partial charge in [0.05, 0.1) is 27.9 Å². The lowest BCUT2D eigenvalue weighted by atomic mass is 10.3. The van der Waals surface area contributed by atoms with Gasteiger partial charge < -0.3 is 10.1 Å². The first-order chi connectivity index (χ1) is 12.7. The Morgan fingerprint density at radius 3 is 2.59 bits per heavy atom. The SMILES string of the molecule is Cc1nc(C)c(-c2csc(Nc3ccc(COC(C)C(F)(F)F)cn3)n2)s1. The van der Waals surface area contributed by atoms with E-state index in [0.29, 0.717) is 16.5 Å². The molecule has 0 fully saturated rings. The Hall–Kier alpha value is -2.04. The summed E-state index contributed by atoms with van der Waals surface area (Å²) in [6.07, 6.45) is -4.70. The highest BCUT2D eigenvalue weighted by atomic mass is 32.1. The highest BCUT2D eigenvalue weighted by molar-refractivity contribution is 7.16. The summed E-state index contributed by atoms with van der Waals surface area (Å²) in [5, 5.41) is 6.71. The molecule has 0 aliphatic carbocycles. The number of ether oxygens (including phenoxy) is 1. The normalized spacial score (nSPS) is 13.0. The van der Waals surface area contributed by atoms with E-state index >= 15 is 0 Å². The van der Waals surface area contributed by atoms with Crippen molar-refractivity contribution in [2.75, 3.05) is 5.32 Å². The van der Waals surface area contributed by atoms with Crippen LogP contribution in [-0.4, -0.2) is 27.2 Å². The predicted molar refractivity (Wildman–Crippen MR) is 101 cm³/mol. The summed E-state index contributed by atoms with van der Waals surface area (Å²) in [7, 11) is 0. The molecule has 3 aromatic heterocycles. The zero-order chi connectivity index (χ0) is 19.6. The number of thiazole rings is 2. The standard InChI is InChI=1S/C17H17F3N4OS2/c1-9-15(27-11(3)22-9)13-8-26-16(23-13)24-14-5-4-12(6-21-14)7-25-10(2)17(18,19)20/h4-6,8,10H,7H2,1-3H3,(H,21,23,24). The summed E-state index contributed by atoms with van der Waals surface area (Å²) in [5.41, 5.74) is 2.37. The molecule has 3 heterocycles. The van der Waals surface area contributed by atoms with Crippen molar-refractivity contribution in [2.45, 2.75) is 39.7 Å². The van der Waals surface area contributed by atoms with Crippen LogP contribution in [-0.2, 0) is 11.3 Å². The van der Waals surface area contributed by atoms with Gasteiger partial charge in [0.15, 0.2) is 11.2 Å². The van der Waals surface area contributed by atoms with E-state index in [9.17, 15) is 13.2 Å². The van der Waals surface area contributed by atoms with Gasteiger partial charge in [-0.15, -0.1) is 22.7 Å². The minimum atomic E-state index is -4.37. The first-order valence-electron chi connectivity index (χ1n) is 8.02. The summed E-state index contributed by atoms with van der Waals surface area (Å²) in [6.45, 7) is 4.74. The van der Waals surface area contributed by atoms with Crippen molar-refractivity contribution in [1.29, 1.82) is 0 Å². The van der Waals surface area contributed by atoms with Crippen LogP contribution in [0.2, 0.25) is 0 Å². The van der Waals surface area contributed by atoms with Crippen LogP contribution in [0.1, 0.15) is 23.2 Å². The Bertz CT molecular complexity index is 906. The number of aryl methyl sites for hydroxylation is 2. The molecule has 0 aliphatic heterocycles. The van der Waals surface area contributed by atoms with Crippen molar-refractivity contribution in [2.24, 2.45) is 0 Å². The molecule has 0 spiro atoms. The summed E-state index contributed by atoms with van der Waals surface area (Å²) < 4.78 is 42.2. The van der Waals surface area contributed by atoms with Gasteiger partial charge in [-0.2, -0.15) is 13.2 Å². The second kappa shape index (κ2) is 7.91. The van der Waals surface area contributed by atoms with Gasteiger partial charge in [-0.25, -0.2) is 15.0 Å². The van der Waals surface area contributed by atoms with Gasteiger partial charge in [0.2, 0.25) is 0 Å². The molecule has 27 heavy (non-hydrogen) atoms. The van der Waals surface area contributed by atoms with Crippen LogP contribution < -0.4 is 5.32 Å². The lowest BCUT2D eigenvalue weighted by molar-refractivity contribution is -0.217. The van der Waals surface area contributed by atoms with Gasteiger partial charge in [-0.05, 0) is 32.4 Å². The molecule has 3 aromatic rings. The smallest absolute Gasteiger partial charge is 0.364 e. The minimum absolute atomic E-state index is 0.153. The van der Waals surface area contributed by atoms with Crippen LogP contribution in [0.15, 0.2) is 23.7 Å². The van der Waals surface area contributed by atoms with Gasteiger partial charge in [0, 0.05) is 11.6 Å². The quantitative estimate of drug-likeness (QED) is 0.578. The largest absolute Gasteiger partial charge is 0.414 e. The molecule has 0 radical (unpaired) electrons. The molecule has 0 aromatic carbocycles. The number of pyridine rings is 1. The molecule has 1 N–H and O–H groups in total. The molecule has 0 saturated carbocycles. The topological polar surface area (TPSA) is 59.9 Å². The van der Waals surface area contributed by atoms with E-state index < -0.39 is 12.3 Å². The summed E-state index contributed by atoms with van der Waals surface area (Å²) >= 11 is 3.04. The van der Waals surface area contributed by atoms with Crippen LogP contribution in [0.4, 0.5) is 24.1 Å². The summed E-state index contributed by atoms with van der Waals surface area (Å²) in [5.74, 6) is 0.556. The van der Waals surface area contributed by atoms with E-state index in [-0.39, 0.29) is 6.61 Å². The van der Waals surface area contributed by atoms with Crippen molar-refractivity contribution >= 4 is 33.6 Å². The van der Waals surface area contributed by atoms with Crippen molar-refractivity contribution < 1.29 is 17.9 Å². The zero-order valence-corrected chi connectivity index (χ0v) is 16.4. The van der Waals surface area contributed by atoms with E-state index in [4.69, 9.17) is 4.74 Å². The molecule has 1 atom stereocenters. The second-order valence-corrected chi connectivity index (χ2v) is 7.92. The van der Waals surface area contributed by atoms with E-state index in [1.165, 1.54) is 17.5 Å². The minimum Gasteiger partial charge on any atom is -0.364 e. The average molecular weight is 414 g/mol. The van der Waals surface area contributed by atoms with Crippen LogP contribution in [0.5, 0.6) is 0 Å². The third kappa shape index (κ3) is 5.02. The zero-order valence-electron chi connectivity index (χ0n) is 14.8. The lowest BCUT2D eigenvalue weighted by Crippen LogP contribution is -2.28. The number of nitrogens with one attached hydrogen (secondary N) is 1. The van der Waals surface area contributed by atoms with Crippen molar-refractivity contribution in [3.63, 3.8) is 0 Å². The van der Waals surface area contributed by atoms with E-state index in [2.05, 4.69) is 20.3 Å². The third-order valence-corrected chi connectivity index (χ3v) is 5.51. The molecule has 3 rings (SSSR count). The van der Waals surface area contributed by atoms with Crippen LogP contribution in [0.3, 0.4) is 0 Å². The first-order valence-corrected chi connectivity index (χ1v) is 9.72. The lowest BCUT2D eigenvalue weighted by Gasteiger charge is -2.16. The molecule has 1 unspecified atom stereocenters. The second-order valence-electron chi connectivity index (χ2n) is 5.86. The van der Waals surface area contributed by atoms with Crippen molar-refractivity contribution in [1.82, 2.24) is 15.0 Å². The maximum atomic E-state index is 12.4. The van der Waals surface area contributed by atoms with Gasteiger partial charge in [0.1, 0.15) is 5.82 Å². The van der Waals surface area contributed by atoms with Gasteiger partial charge in [-0.1, -0.05) is 6.07 Å². The Morgan fingerprint density at radius 1 is 1.22 bits per heavy atom. The highest BCUT2D eigenvalue weighted by Gasteiger charge is 2.36. The Kier molecular flexibility index (Phi) is 5.78. The van der Waals surface area contributed by atoms with Crippen LogP contribution >= 0.6 is 22.7 Å². The first kappa shape index (κ1) is 19.7. The molecule has 0 aliphatic rings. The molecule has 0 bridgehead atoms. The average Bonchev–Trinajstić information content (AvgIpc) is 3.18. The summed E-state index contributed by atoms with van der Waals surface area (Å²) in [4.78, 5) is 14.2. The number of alkyl halides is 3. The molecular weight excluding hydrogens is 397 g/mol. The van der Waals surface area contributed by atoms with Crippen LogP contribution in [0, 0.1) is 13.8 Å². The molecule has 144 valence electrons. The Labute approximate surface area is 162 Å². The fourth-order valence-electron chi connectivity index (χ4n) is 2.21. The third-order valence-electron chi connectivity index (χ3n) is 3.66. The van der Waals surface area contributed by atoms with Crippen molar-refractivity contribution in [3.8, 4) is 10.6 Å². The number of rotatable bonds is 6. The molecule has 10 heteroatoms. The fourth-order valence-corrected chi connectivity index (χ4v) is 3.88. The predicted octanol–water partition coefficient (Wildman–Crippen LogP) is 5.49. The number of aromatic nitrogens is 3. The summed E-state index contributed by atoms with van der Waals surface area (Å²) in [6, 6.07) is 3.35. The molecule has 5 nitrogen and oxygen atoms in total. The Balaban J connectivity index is 1.61. The number of hydrogen-bond donors (Lipinski definition) is 1. The van der Waals surface area contributed by atoms with E-state index in [0.717, 1.165) is 28.2 Å². The number of halogens is 3. The monoisotopic (exact) mass is 414 g/mol. The van der Waals surface area contributed by atoms with E-state index in [1.54, 1.807) is 23.5 Å². The number of anilines is 2. The van der Waals surface area contributed by atoms with Gasteiger partial charge >= 0.3 is 6.18 Å². The maximum absolute atomic E-state index is 12.4. The van der Waals surface area contributed by atoms with Crippen LogP contribution in [0.25, 0.3) is 10.6 Å². The highest BCUT2D eigenvalue weighted by Crippen LogP contribution is 2.32. The number of hydrogen-bond acceptors (Lipinski definition) is 7.